The SMILES string of the molecule is CC1(CNC(=O)COc2cccc(N)c2)CCCS1. The van der Waals surface area contributed by atoms with Crippen LogP contribution in [-0.2, 0) is 4.79 Å². The van der Waals surface area contributed by atoms with Crippen molar-refractivity contribution in [1.29, 1.82) is 0 Å². The predicted octanol–water partition coefficient (Wildman–Crippen LogP) is 2.05. The van der Waals surface area contributed by atoms with Gasteiger partial charge in [-0.25, -0.2) is 0 Å². The van der Waals surface area contributed by atoms with E-state index in [1.165, 1.54) is 12.2 Å². The Kier molecular flexibility index (Phi) is 4.58. The van der Waals surface area contributed by atoms with Crippen LogP contribution in [0.3, 0.4) is 0 Å². The van der Waals surface area contributed by atoms with Gasteiger partial charge in [-0.3, -0.25) is 4.79 Å². The number of nitrogens with two attached hydrogens (primary N) is 1. The van der Waals surface area contributed by atoms with Crippen molar-refractivity contribution in [3.63, 3.8) is 0 Å². The van der Waals surface area contributed by atoms with Crippen LogP contribution >= 0.6 is 11.8 Å². The second-order valence-corrected chi connectivity index (χ2v) is 6.72. The number of thioether (sulfide) groups is 1. The summed E-state index contributed by atoms with van der Waals surface area (Å²) in [6, 6.07) is 7.09. The average Bonchev–Trinajstić information content (AvgIpc) is 2.82. The molecule has 1 atom stereocenters. The largest absolute Gasteiger partial charge is 0.484 e. The molecule has 1 saturated heterocycles. The summed E-state index contributed by atoms with van der Waals surface area (Å²) in [4.78, 5) is 11.7. The van der Waals surface area contributed by atoms with Crippen LogP contribution in [0.4, 0.5) is 5.69 Å². The van der Waals surface area contributed by atoms with Crippen LogP contribution in [0, 0.1) is 0 Å². The topological polar surface area (TPSA) is 64.3 Å². The van der Waals surface area contributed by atoms with Gasteiger partial charge in [0, 0.05) is 23.0 Å². The quantitative estimate of drug-likeness (QED) is 0.810. The lowest BCUT2D eigenvalue weighted by Gasteiger charge is -2.22. The highest BCUT2D eigenvalue weighted by atomic mass is 32.2. The van der Waals surface area contributed by atoms with E-state index in [1.54, 1.807) is 24.3 Å². The number of nitrogens with one attached hydrogen (secondary N) is 1. The zero-order chi connectivity index (χ0) is 13.7. The van der Waals surface area contributed by atoms with Crippen LogP contribution in [0.1, 0.15) is 19.8 Å². The molecule has 1 aliphatic heterocycles. The van der Waals surface area contributed by atoms with Crippen LogP contribution in [0.5, 0.6) is 5.75 Å². The van der Waals surface area contributed by atoms with E-state index in [9.17, 15) is 4.79 Å². The van der Waals surface area contributed by atoms with Gasteiger partial charge in [0.1, 0.15) is 5.75 Å². The van der Waals surface area contributed by atoms with E-state index in [0.29, 0.717) is 18.0 Å². The Morgan fingerprint density at radius 2 is 2.42 bits per heavy atom. The van der Waals surface area contributed by atoms with Crippen molar-refractivity contribution in [2.24, 2.45) is 0 Å². The van der Waals surface area contributed by atoms with Gasteiger partial charge < -0.3 is 15.8 Å². The first-order valence-corrected chi connectivity index (χ1v) is 7.45. The molecule has 0 spiro atoms. The van der Waals surface area contributed by atoms with E-state index in [2.05, 4.69) is 12.2 Å². The third-order valence-corrected chi connectivity index (χ3v) is 4.73. The molecular weight excluding hydrogens is 260 g/mol. The molecule has 5 heteroatoms. The van der Waals surface area contributed by atoms with E-state index >= 15 is 0 Å². The lowest BCUT2D eigenvalue weighted by molar-refractivity contribution is -0.123. The molecule has 1 amide bonds. The zero-order valence-electron chi connectivity index (χ0n) is 11.1. The van der Waals surface area contributed by atoms with E-state index in [4.69, 9.17) is 10.5 Å². The number of rotatable bonds is 5. The Morgan fingerprint density at radius 1 is 1.58 bits per heavy atom. The molecule has 0 aromatic heterocycles. The first kappa shape index (κ1) is 14.1. The van der Waals surface area contributed by atoms with Gasteiger partial charge in [0.05, 0.1) is 0 Å². The standard InChI is InChI=1S/C14H20N2O2S/c1-14(6-3-7-19-14)10-16-13(17)9-18-12-5-2-4-11(15)8-12/h2,4-5,8H,3,6-7,9-10,15H2,1H3,(H,16,17). The minimum Gasteiger partial charge on any atom is -0.484 e. The van der Waals surface area contributed by atoms with Gasteiger partial charge in [-0.05, 0) is 37.7 Å². The molecule has 1 aliphatic rings. The predicted molar refractivity (Wildman–Crippen MR) is 79.5 cm³/mol. The minimum absolute atomic E-state index is 0.0319. The fourth-order valence-corrected chi connectivity index (χ4v) is 3.31. The van der Waals surface area contributed by atoms with Crippen LogP contribution in [0.25, 0.3) is 0 Å². The van der Waals surface area contributed by atoms with Gasteiger partial charge in [-0.15, -0.1) is 0 Å². The maximum Gasteiger partial charge on any atom is 0.257 e. The monoisotopic (exact) mass is 280 g/mol. The molecule has 1 heterocycles. The summed E-state index contributed by atoms with van der Waals surface area (Å²) in [6.45, 7) is 2.94. The maximum atomic E-state index is 11.7. The summed E-state index contributed by atoms with van der Waals surface area (Å²) in [7, 11) is 0. The van der Waals surface area contributed by atoms with Gasteiger partial charge in [0.15, 0.2) is 6.61 Å². The van der Waals surface area contributed by atoms with Gasteiger partial charge in [-0.2, -0.15) is 11.8 Å². The number of hydrogen-bond acceptors (Lipinski definition) is 4. The van der Waals surface area contributed by atoms with Crippen molar-refractivity contribution in [2.45, 2.75) is 24.5 Å². The number of nitrogen functional groups attached to an aromatic ring is 1. The number of carbonyl (C=O) groups is 1. The molecule has 1 aromatic rings. The fourth-order valence-electron chi connectivity index (χ4n) is 2.07. The van der Waals surface area contributed by atoms with Crippen molar-refractivity contribution in [3.8, 4) is 5.75 Å². The number of hydrogen-bond donors (Lipinski definition) is 2. The smallest absolute Gasteiger partial charge is 0.257 e. The molecule has 3 N–H and O–H groups in total. The van der Waals surface area contributed by atoms with E-state index in [0.717, 1.165) is 6.42 Å². The molecule has 4 nitrogen and oxygen atoms in total. The lowest BCUT2D eigenvalue weighted by Crippen LogP contribution is -2.39. The van der Waals surface area contributed by atoms with Gasteiger partial charge >= 0.3 is 0 Å². The number of carbonyl (C=O) groups excluding carboxylic acids is 1. The molecule has 1 fully saturated rings. The number of benzene rings is 1. The van der Waals surface area contributed by atoms with E-state index < -0.39 is 0 Å². The van der Waals surface area contributed by atoms with E-state index in [1.807, 2.05) is 11.8 Å². The fraction of sp³-hybridized carbons (Fsp3) is 0.500. The van der Waals surface area contributed by atoms with Crippen LogP contribution < -0.4 is 15.8 Å². The van der Waals surface area contributed by atoms with Gasteiger partial charge in [0.25, 0.3) is 5.91 Å². The molecule has 1 aromatic carbocycles. The first-order valence-electron chi connectivity index (χ1n) is 6.46. The highest BCUT2D eigenvalue weighted by molar-refractivity contribution is 8.00. The summed E-state index contributed by atoms with van der Waals surface area (Å²) in [5, 5.41) is 2.93. The lowest BCUT2D eigenvalue weighted by atomic mass is 10.1. The molecule has 0 bridgehead atoms. The molecule has 19 heavy (non-hydrogen) atoms. The highest BCUT2D eigenvalue weighted by Gasteiger charge is 2.29. The Bertz CT molecular complexity index is 445. The van der Waals surface area contributed by atoms with Crippen molar-refractivity contribution in [3.05, 3.63) is 24.3 Å². The molecule has 0 aliphatic carbocycles. The number of ether oxygens (including phenoxy) is 1. The van der Waals surface area contributed by atoms with E-state index in [-0.39, 0.29) is 17.3 Å². The third-order valence-electron chi connectivity index (χ3n) is 3.19. The zero-order valence-corrected chi connectivity index (χ0v) is 12.0. The van der Waals surface area contributed by atoms with Crippen molar-refractivity contribution in [1.82, 2.24) is 5.32 Å². The number of amides is 1. The van der Waals surface area contributed by atoms with Crippen LogP contribution in [0.2, 0.25) is 0 Å². The third kappa shape index (κ3) is 4.35. The Hall–Kier alpha value is -1.36. The maximum absolute atomic E-state index is 11.7. The van der Waals surface area contributed by atoms with Crippen molar-refractivity contribution >= 4 is 23.4 Å². The van der Waals surface area contributed by atoms with Crippen LogP contribution in [-0.4, -0.2) is 29.6 Å². The number of anilines is 1. The second kappa shape index (κ2) is 6.19. The van der Waals surface area contributed by atoms with Crippen molar-refractivity contribution < 1.29 is 9.53 Å². The molecule has 2 rings (SSSR count). The minimum atomic E-state index is -0.0869. The molecule has 1 unspecified atom stereocenters. The summed E-state index contributed by atoms with van der Waals surface area (Å²) in [6.07, 6.45) is 2.39. The first-order chi connectivity index (χ1) is 9.07. The summed E-state index contributed by atoms with van der Waals surface area (Å²) >= 11 is 1.93. The molecule has 104 valence electrons. The average molecular weight is 280 g/mol. The molecule has 0 radical (unpaired) electrons. The normalized spacial score (nSPS) is 22.2. The second-order valence-electron chi connectivity index (χ2n) is 5.04. The van der Waals surface area contributed by atoms with Gasteiger partial charge in [0.2, 0.25) is 0 Å². The summed E-state index contributed by atoms with van der Waals surface area (Å²) < 4.78 is 5.59. The van der Waals surface area contributed by atoms with Gasteiger partial charge in [-0.1, -0.05) is 6.07 Å². The molecule has 0 saturated carbocycles. The Morgan fingerprint density at radius 3 is 3.11 bits per heavy atom. The Balaban J connectivity index is 1.73. The summed E-state index contributed by atoms with van der Waals surface area (Å²) in [5.41, 5.74) is 6.27. The molecular formula is C14H20N2O2S. The Labute approximate surface area is 118 Å². The summed E-state index contributed by atoms with van der Waals surface area (Å²) in [5.74, 6) is 1.72. The van der Waals surface area contributed by atoms with Crippen molar-refractivity contribution in [2.75, 3.05) is 24.6 Å². The highest BCUT2D eigenvalue weighted by Crippen LogP contribution is 2.36. The van der Waals surface area contributed by atoms with Crippen LogP contribution in [0.15, 0.2) is 24.3 Å².